The van der Waals surface area contributed by atoms with Gasteiger partial charge < -0.3 is 5.32 Å². The van der Waals surface area contributed by atoms with Crippen molar-refractivity contribution >= 4 is 11.6 Å². The number of carbonyl (C=O) groups excluding carboxylic acids is 1. The van der Waals surface area contributed by atoms with Gasteiger partial charge in [0.05, 0.1) is 6.07 Å². The summed E-state index contributed by atoms with van der Waals surface area (Å²) in [5, 5.41) is 12.4. The molecule has 2 aromatic rings. The maximum absolute atomic E-state index is 11.2. The molecule has 2 aromatic carbocycles. The molecule has 5 nitrogen and oxygen atoms in total. The van der Waals surface area contributed by atoms with Gasteiger partial charge in [-0.25, -0.2) is 0 Å². The highest BCUT2D eigenvalue weighted by molar-refractivity contribution is 5.88. The molecule has 0 spiro atoms. The van der Waals surface area contributed by atoms with Crippen molar-refractivity contribution in [1.82, 2.24) is 9.80 Å². The second kappa shape index (κ2) is 8.61. The van der Waals surface area contributed by atoms with Crippen LogP contribution >= 0.6 is 0 Å². The lowest BCUT2D eigenvalue weighted by Gasteiger charge is -2.37. The van der Waals surface area contributed by atoms with Gasteiger partial charge in [0.2, 0.25) is 5.91 Å². The lowest BCUT2D eigenvalue weighted by atomic mass is 10.1. The second-order valence-electron chi connectivity index (χ2n) is 6.64. The summed E-state index contributed by atoms with van der Waals surface area (Å²) in [4.78, 5) is 15.8. The van der Waals surface area contributed by atoms with Gasteiger partial charge in [-0.3, -0.25) is 14.6 Å². The molecule has 1 heterocycles. The molecule has 134 valence electrons. The molecule has 1 fully saturated rings. The molecule has 1 amide bonds. The number of nitriles is 1. The van der Waals surface area contributed by atoms with Gasteiger partial charge in [-0.05, 0) is 23.3 Å². The van der Waals surface area contributed by atoms with Crippen LogP contribution in [0.1, 0.15) is 24.1 Å². The minimum atomic E-state index is -0.179. The van der Waals surface area contributed by atoms with Crippen molar-refractivity contribution in [1.29, 1.82) is 5.26 Å². The molecule has 0 radical (unpaired) electrons. The van der Waals surface area contributed by atoms with Gasteiger partial charge in [0.15, 0.2) is 0 Å². The summed E-state index contributed by atoms with van der Waals surface area (Å²) in [6.07, 6.45) is 0. The number of piperazine rings is 1. The summed E-state index contributed by atoms with van der Waals surface area (Å²) >= 11 is 0. The van der Waals surface area contributed by atoms with Gasteiger partial charge in [-0.15, -0.1) is 0 Å². The monoisotopic (exact) mass is 348 g/mol. The zero-order chi connectivity index (χ0) is 18.4. The zero-order valence-electron chi connectivity index (χ0n) is 15.1. The van der Waals surface area contributed by atoms with Crippen LogP contribution in [0.25, 0.3) is 0 Å². The van der Waals surface area contributed by atoms with E-state index >= 15 is 0 Å². The molecule has 0 unspecified atom stereocenters. The van der Waals surface area contributed by atoms with Crippen molar-refractivity contribution in [2.75, 3.05) is 31.5 Å². The average molecular weight is 348 g/mol. The number of nitrogens with zero attached hydrogens (tertiary/aromatic N) is 3. The van der Waals surface area contributed by atoms with Crippen LogP contribution in [-0.2, 0) is 11.3 Å². The molecule has 3 rings (SSSR count). The van der Waals surface area contributed by atoms with Gasteiger partial charge in [0.1, 0.15) is 6.04 Å². The Balaban J connectivity index is 1.57. The quantitative estimate of drug-likeness (QED) is 0.902. The number of rotatable bonds is 5. The van der Waals surface area contributed by atoms with Crippen LogP contribution in [-0.4, -0.2) is 41.9 Å². The molecular formula is C21H24N4O. The molecule has 1 aliphatic rings. The van der Waals surface area contributed by atoms with Crippen LogP contribution in [0.5, 0.6) is 0 Å². The van der Waals surface area contributed by atoms with E-state index in [2.05, 4.69) is 27.3 Å². The van der Waals surface area contributed by atoms with Gasteiger partial charge in [-0.2, -0.15) is 5.26 Å². The standard InChI is InChI=1S/C21H24N4O/c1-17(26)23-20-9-5-6-18(14-20)16-24-10-12-25(13-11-24)21(15-22)19-7-3-2-4-8-19/h2-9,14,21H,10-13,16H2,1H3,(H,23,26)/t21-/m0/s1. The molecule has 26 heavy (non-hydrogen) atoms. The third-order valence-electron chi connectivity index (χ3n) is 4.66. The second-order valence-corrected chi connectivity index (χ2v) is 6.64. The van der Waals surface area contributed by atoms with Gasteiger partial charge in [0, 0.05) is 45.3 Å². The van der Waals surface area contributed by atoms with Crippen LogP contribution in [0.4, 0.5) is 5.69 Å². The summed E-state index contributed by atoms with van der Waals surface area (Å²) in [6.45, 7) is 5.97. The van der Waals surface area contributed by atoms with E-state index in [9.17, 15) is 10.1 Å². The molecule has 0 bridgehead atoms. The normalized spacial score (nSPS) is 16.6. The van der Waals surface area contributed by atoms with E-state index in [-0.39, 0.29) is 11.9 Å². The first-order valence-electron chi connectivity index (χ1n) is 8.93. The third kappa shape index (κ3) is 4.69. The van der Waals surface area contributed by atoms with Crippen molar-refractivity contribution in [2.24, 2.45) is 0 Å². The zero-order valence-corrected chi connectivity index (χ0v) is 15.1. The fraction of sp³-hybridized carbons (Fsp3) is 0.333. The topological polar surface area (TPSA) is 59.4 Å². The minimum absolute atomic E-state index is 0.0563. The van der Waals surface area contributed by atoms with E-state index in [4.69, 9.17) is 0 Å². The smallest absolute Gasteiger partial charge is 0.221 e. The van der Waals surface area contributed by atoms with E-state index in [1.54, 1.807) is 0 Å². The number of benzene rings is 2. The first-order chi connectivity index (χ1) is 12.7. The Morgan fingerprint density at radius 1 is 1.12 bits per heavy atom. The lowest BCUT2D eigenvalue weighted by Crippen LogP contribution is -2.46. The number of nitrogens with one attached hydrogen (secondary N) is 1. The Labute approximate surface area is 154 Å². The van der Waals surface area contributed by atoms with Crippen molar-refractivity contribution < 1.29 is 4.79 Å². The first kappa shape index (κ1) is 18.1. The summed E-state index contributed by atoms with van der Waals surface area (Å²) in [5.41, 5.74) is 3.08. The maximum Gasteiger partial charge on any atom is 0.221 e. The molecule has 1 N–H and O–H groups in total. The largest absolute Gasteiger partial charge is 0.326 e. The SMILES string of the molecule is CC(=O)Nc1cccc(CN2CCN([C@@H](C#N)c3ccccc3)CC2)c1. The van der Waals surface area contributed by atoms with E-state index in [0.717, 1.165) is 44.0 Å². The fourth-order valence-electron chi connectivity index (χ4n) is 3.39. The third-order valence-corrected chi connectivity index (χ3v) is 4.66. The van der Waals surface area contributed by atoms with E-state index in [1.165, 1.54) is 12.5 Å². The van der Waals surface area contributed by atoms with Crippen LogP contribution in [0.15, 0.2) is 54.6 Å². The predicted octanol–water partition coefficient (Wildman–Crippen LogP) is 3.03. The van der Waals surface area contributed by atoms with E-state index in [1.807, 2.05) is 48.5 Å². The van der Waals surface area contributed by atoms with Crippen molar-refractivity contribution in [3.63, 3.8) is 0 Å². The number of carbonyl (C=O) groups is 1. The molecule has 5 heteroatoms. The Hall–Kier alpha value is -2.68. The highest BCUT2D eigenvalue weighted by atomic mass is 16.1. The molecule has 0 saturated carbocycles. The minimum Gasteiger partial charge on any atom is -0.326 e. The molecule has 1 aliphatic heterocycles. The van der Waals surface area contributed by atoms with Crippen LogP contribution < -0.4 is 5.32 Å². The van der Waals surface area contributed by atoms with Crippen molar-refractivity contribution in [3.05, 3.63) is 65.7 Å². The predicted molar refractivity (Wildman–Crippen MR) is 102 cm³/mol. The number of hydrogen-bond donors (Lipinski definition) is 1. The van der Waals surface area contributed by atoms with Crippen molar-refractivity contribution in [2.45, 2.75) is 19.5 Å². The number of amides is 1. The summed E-state index contributed by atoms with van der Waals surface area (Å²) in [7, 11) is 0. The van der Waals surface area contributed by atoms with Crippen LogP contribution in [0, 0.1) is 11.3 Å². The van der Waals surface area contributed by atoms with E-state index in [0.29, 0.717) is 0 Å². The molecular weight excluding hydrogens is 324 g/mol. The summed E-state index contributed by atoms with van der Waals surface area (Å²) in [6, 6.07) is 20.2. The van der Waals surface area contributed by atoms with Crippen LogP contribution in [0.2, 0.25) is 0 Å². The molecule has 0 aromatic heterocycles. The highest BCUT2D eigenvalue weighted by Gasteiger charge is 2.24. The Morgan fingerprint density at radius 2 is 1.85 bits per heavy atom. The fourth-order valence-corrected chi connectivity index (χ4v) is 3.39. The first-order valence-corrected chi connectivity index (χ1v) is 8.93. The van der Waals surface area contributed by atoms with Gasteiger partial charge in [-0.1, -0.05) is 42.5 Å². The van der Waals surface area contributed by atoms with Crippen molar-refractivity contribution in [3.8, 4) is 6.07 Å². The average Bonchev–Trinajstić information content (AvgIpc) is 2.64. The van der Waals surface area contributed by atoms with Gasteiger partial charge in [0.25, 0.3) is 0 Å². The molecule has 1 saturated heterocycles. The molecule has 0 aliphatic carbocycles. The highest BCUT2D eigenvalue weighted by Crippen LogP contribution is 2.22. The molecule has 1 atom stereocenters. The number of anilines is 1. The Morgan fingerprint density at radius 3 is 2.50 bits per heavy atom. The summed E-state index contributed by atoms with van der Waals surface area (Å²) in [5.74, 6) is -0.0563. The Kier molecular flexibility index (Phi) is 6.00. The number of hydrogen-bond acceptors (Lipinski definition) is 4. The Bertz CT molecular complexity index is 776. The van der Waals surface area contributed by atoms with Crippen LogP contribution in [0.3, 0.4) is 0 Å². The summed E-state index contributed by atoms with van der Waals surface area (Å²) < 4.78 is 0. The lowest BCUT2D eigenvalue weighted by molar-refractivity contribution is -0.114. The maximum atomic E-state index is 11.2. The van der Waals surface area contributed by atoms with Gasteiger partial charge >= 0.3 is 0 Å². The van der Waals surface area contributed by atoms with E-state index < -0.39 is 0 Å².